The summed E-state index contributed by atoms with van der Waals surface area (Å²) in [7, 11) is 0. The number of allylic oxidation sites excluding steroid dienone is 1. The SMILES string of the molecule is CCCC(=O)N1c2ccccc2NC2=CCCC(=O)[C@H]2[C@H]1c1ccc(SC)cc1. The van der Waals surface area contributed by atoms with E-state index in [1.54, 1.807) is 11.8 Å². The second kappa shape index (κ2) is 8.46. The van der Waals surface area contributed by atoms with Gasteiger partial charge in [-0.25, -0.2) is 0 Å². The van der Waals surface area contributed by atoms with Crippen molar-refractivity contribution < 1.29 is 9.59 Å². The van der Waals surface area contributed by atoms with Gasteiger partial charge >= 0.3 is 0 Å². The molecular formula is C24H26N2O2S. The smallest absolute Gasteiger partial charge is 0.227 e. The summed E-state index contributed by atoms with van der Waals surface area (Å²) in [5, 5.41) is 3.48. The first-order valence-corrected chi connectivity index (χ1v) is 11.4. The van der Waals surface area contributed by atoms with E-state index in [4.69, 9.17) is 0 Å². The molecule has 1 N–H and O–H groups in total. The molecule has 4 nitrogen and oxygen atoms in total. The Morgan fingerprint density at radius 1 is 1.17 bits per heavy atom. The number of nitrogens with one attached hydrogen (secondary N) is 1. The number of hydrogen-bond donors (Lipinski definition) is 1. The lowest BCUT2D eigenvalue weighted by atomic mass is 9.81. The highest BCUT2D eigenvalue weighted by Crippen LogP contribution is 2.46. The van der Waals surface area contributed by atoms with Crippen LogP contribution in [0, 0.1) is 5.92 Å². The number of fused-ring (bicyclic) bond motifs is 2. The summed E-state index contributed by atoms with van der Waals surface area (Å²) in [5.74, 6) is -0.131. The van der Waals surface area contributed by atoms with Crippen molar-refractivity contribution >= 4 is 34.8 Å². The molecule has 0 saturated heterocycles. The van der Waals surface area contributed by atoms with Crippen LogP contribution in [-0.2, 0) is 9.59 Å². The van der Waals surface area contributed by atoms with Crippen molar-refractivity contribution in [3.05, 3.63) is 65.9 Å². The van der Waals surface area contributed by atoms with Crippen molar-refractivity contribution in [2.75, 3.05) is 16.5 Å². The van der Waals surface area contributed by atoms with Gasteiger partial charge in [0, 0.05) is 23.4 Å². The highest BCUT2D eigenvalue weighted by atomic mass is 32.2. The minimum Gasteiger partial charge on any atom is -0.357 e. The van der Waals surface area contributed by atoms with Gasteiger partial charge < -0.3 is 10.2 Å². The molecule has 0 aromatic heterocycles. The van der Waals surface area contributed by atoms with E-state index in [2.05, 4.69) is 35.7 Å². The van der Waals surface area contributed by atoms with Crippen LogP contribution >= 0.6 is 11.8 Å². The van der Waals surface area contributed by atoms with E-state index in [0.29, 0.717) is 12.8 Å². The van der Waals surface area contributed by atoms with Crippen LogP contribution in [0.4, 0.5) is 11.4 Å². The molecule has 0 saturated carbocycles. The number of benzene rings is 2. The van der Waals surface area contributed by atoms with E-state index in [0.717, 1.165) is 40.4 Å². The zero-order valence-corrected chi connectivity index (χ0v) is 17.7. The molecule has 0 radical (unpaired) electrons. The molecule has 2 aliphatic rings. The van der Waals surface area contributed by atoms with Gasteiger partial charge in [0.1, 0.15) is 5.78 Å². The number of ketones is 1. The lowest BCUT2D eigenvalue weighted by Gasteiger charge is -2.36. The van der Waals surface area contributed by atoms with E-state index >= 15 is 0 Å². The van der Waals surface area contributed by atoms with Crippen molar-refractivity contribution in [2.24, 2.45) is 5.92 Å². The number of para-hydroxylation sites is 2. The van der Waals surface area contributed by atoms with Crippen LogP contribution in [0.1, 0.15) is 44.2 Å². The first-order chi connectivity index (χ1) is 14.1. The van der Waals surface area contributed by atoms with Gasteiger partial charge in [0.15, 0.2) is 0 Å². The Kier molecular flexibility index (Phi) is 5.76. The minimum atomic E-state index is -0.378. The molecule has 4 rings (SSSR count). The van der Waals surface area contributed by atoms with E-state index in [9.17, 15) is 9.59 Å². The quantitative estimate of drug-likeness (QED) is 0.674. The van der Waals surface area contributed by atoms with Gasteiger partial charge in [-0.15, -0.1) is 11.8 Å². The average Bonchev–Trinajstić information content (AvgIpc) is 2.89. The van der Waals surface area contributed by atoms with Crippen LogP contribution in [0.3, 0.4) is 0 Å². The van der Waals surface area contributed by atoms with Crippen molar-refractivity contribution in [3.63, 3.8) is 0 Å². The van der Waals surface area contributed by atoms with Gasteiger partial charge in [0.2, 0.25) is 5.91 Å². The lowest BCUT2D eigenvalue weighted by molar-refractivity contribution is -0.123. The van der Waals surface area contributed by atoms with Crippen LogP contribution in [0.5, 0.6) is 0 Å². The monoisotopic (exact) mass is 406 g/mol. The normalized spacial score (nSPS) is 20.8. The van der Waals surface area contributed by atoms with Gasteiger partial charge in [0.25, 0.3) is 0 Å². The van der Waals surface area contributed by atoms with Crippen LogP contribution in [0.15, 0.2) is 65.2 Å². The Labute approximate surface area is 176 Å². The zero-order valence-electron chi connectivity index (χ0n) is 16.9. The fourth-order valence-electron chi connectivity index (χ4n) is 4.31. The molecule has 29 heavy (non-hydrogen) atoms. The summed E-state index contributed by atoms with van der Waals surface area (Å²) < 4.78 is 0. The maximum atomic E-state index is 13.4. The molecule has 0 unspecified atom stereocenters. The Bertz CT molecular complexity index is 952. The Hall–Kier alpha value is -2.53. The lowest BCUT2D eigenvalue weighted by Crippen LogP contribution is -2.41. The number of anilines is 2. The molecule has 0 spiro atoms. The molecule has 0 fully saturated rings. The molecule has 2 aromatic rings. The van der Waals surface area contributed by atoms with Crippen molar-refractivity contribution in [1.29, 1.82) is 0 Å². The summed E-state index contributed by atoms with van der Waals surface area (Å²) in [6.45, 7) is 2.01. The second-order valence-corrected chi connectivity index (χ2v) is 8.40. The molecule has 5 heteroatoms. The van der Waals surface area contributed by atoms with E-state index in [-0.39, 0.29) is 23.7 Å². The summed E-state index contributed by atoms with van der Waals surface area (Å²) in [6, 6.07) is 15.8. The van der Waals surface area contributed by atoms with E-state index < -0.39 is 0 Å². The van der Waals surface area contributed by atoms with Crippen molar-refractivity contribution in [3.8, 4) is 0 Å². The van der Waals surface area contributed by atoms with Crippen LogP contribution < -0.4 is 10.2 Å². The Morgan fingerprint density at radius 2 is 1.93 bits per heavy atom. The van der Waals surface area contributed by atoms with Crippen LogP contribution in [0.2, 0.25) is 0 Å². The van der Waals surface area contributed by atoms with Gasteiger partial charge in [-0.05, 0) is 48.9 Å². The summed E-state index contributed by atoms with van der Waals surface area (Å²) >= 11 is 1.68. The van der Waals surface area contributed by atoms with Crippen LogP contribution in [-0.4, -0.2) is 17.9 Å². The minimum absolute atomic E-state index is 0.0558. The van der Waals surface area contributed by atoms with Crippen molar-refractivity contribution in [1.82, 2.24) is 0 Å². The van der Waals surface area contributed by atoms with Gasteiger partial charge in [-0.2, -0.15) is 0 Å². The summed E-state index contributed by atoms with van der Waals surface area (Å²) in [5.41, 5.74) is 3.63. The third kappa shape index (κ3) is 3.71. The number of rotatable bonds is 4. The first kappa shape index (κ1) is 19.8. The average molecular weight is 407 g/mol. The topological polar surface area (TPSA) is 49.4 Å². The number of thioether (sulfide) groups is 1. The number of hydrogen-bond acceptors (Lipinski definition) is 4. The molecule has 150 valence electrons. The third-order valence-electron chi connectivity index (χ3n) is 5.66. The standard InChI is InChI=1S/C24H26N2O2S/c1-3-7-22(28)26-20-10-5-4-8-18(20)25-19-9-6-11-21(27)23(19)24(26)16-12-14-17(29-2)15-13-16/h4-5,8-10,12-15,23-25H,3,6-7,11H2,1-2H3/t23-,24+/m0/s1. The Balaban J connectivity index is 1.93. The van der Waals surface area contributed by atoms with E-state index in [1.165, 1.54) is 0 Å². The van der Waals surface area contributed by atoms with Gasteiger partial charge in [0.05, 0.1) is 23.3 Å². The summed E-state index contributed by atoms with van der Waals surface area (Å²) in [6.07, 6.45) is 6.64. The predicted molar refractivity (Wildman–Crippen MR) is 119 cm³/mol. The molecule has 1 amide bonds. The number of nitrogens with zero attached hydrogens (tertiary/aromatic N) is 1. The fraction of sp³-hybridized carbons (Fsp3) is 0.333. The maximum Gasteiger partial charge on any atom is 0.227 e. The molecule has 0 bridgehead atoms. The number of carbonyl (C=O) groups is 2. The van der Waals surface area contributed by atoms with Gasteiger partial charge in [-0.1, -0.05) is 37.3 Å². The third-order valence-corrected chi connectivity index (χ3v) is 6.41. The fourth-order valence-corrected chi connectivity index (χ4v) is 4.72. The largest absolute Gasteiger partial charge is 0.357 e. The maximum absolute atomic E-state index is 13.4. The first-order valence-electron chi connectivity index (χ1n) is 10.2. The molecule has 1 heterocycles. The number of carbonyl (C=O) groups excluding carboxylic acids is 2. The summed E-state index contributed by atoms with van der Waals surface area (Å²) in [4.78, 5) is 29.5. The van der Waals surface area contributed by atoms with E-state index in [1.807, 2.05) is 42.3 Å². The highest BCUT2D eigenvalue weighted by Gasteiger charge is 2.43. The number of Topliss-reactive ketones (excluding diaryl/α,β-unsaturated/α-hetero) is 1. The molecular weight excluding hydrogens is 380 g/mol. The molecule has 2 atom stereocenters. The molecule has 2 aromatic carbocycles. The molecule has 1 aliphatic carbocycles. The molecule has 1 aliphatic heterocycles. The van der Waals surface area contributed by atoms with Crippen LogP contribution in [0.25, 0.3) is 0 Å². The zero-order chi connectivity index (χ0) is 20.4. The van der Waals surface area contributed by atoms with Crippen molar-refractivity contribution in [2.45, 2.75) is 43.5 Å². The number of amides is 1. The second-order valence-electron chi connectivity index (χ2n) is 7.52. The predicted octanol–water partition coefficient (Wildman–Crippen LogP) is 5.57. The highest BCUT2D eigenvalue weighted by molar-refractivity contribution is 7.98. The Morgan fingerprint density at radius 3 is 2.66 bits per heavy atom. The van der Waals surface area contributed by atoms with Gasteiger partial charge in [-0.3, -0.25) is 9.59 Å².